The first-order valence-electron chi connectivity index (χ1n) is 10.1. The van der Waals surface area contributed by atoms with Gasteiger partial charge in [0.15, 0.2) is 11.5 Å². The molecule has 8 heteroatoms. The molecular formula is C23H27N3O5. The number of carbonyl (C=O) groups excluding carboxylic acids is 3. The number of fused-ring (bicyclic) bond motifs is 1. The lowest BCUT2D eigenvalue weighted by atomic mass is 10.0. The van der Waals surface area contributed by atoms with E-state index in [2.05, 4.69) is 10.6 Å². The van der Waals surface area contributed by atoms with Gasteiger partial charge in [0, 0.05) is 31.4 Å². The van der Waals surface area contributed by atoms with Gasteiger partial charge >= 0.3 is 11.8 Å². The van der Waals surface area contributed by atoms with Crippen LogP contribution < -0.4 is 25.0 Å². The molecule has 3 amide bonds. The summed E-state index contributed by atoms with van der Waals surface area (Å²) in [6, 6.07) is 10.9. The number of aryl methyl sites for hydroxylation is 1. The number of ether oxygens (including phenoxy) is 2. The first kappa shape index (κ1) is 22.1. The van der Waals surface area contributed by atoms with Crippen molar-refractivity contribution >= 4 is 29.1 Å². The van der Waals surface area contributed by atoms with E-state index in [1.54, 1.807) is 37.3 Å². The molecule has 0 atom stereocenters. The molecule has 0 aromatic heterocycles. The molecule has 2 aromatic carbocycles. The molecule has 164 valence electrons. The predicted octanol–water partition coefficient (Wildman–Crippen LogP) is 2.30. The topological polar surface area (TPSA) is 97.0 Å². The number of benzene rings is 2. The average Bonchev–Trinajstić information content (AvgIpc) is 2.78. The highest BCUT2D eigenvalue weighted by Gasteiger charge is 2.21. The molecule has 0 fully saturated rings. The zero-order valence-electron chi connectivity index (χ0n) is 18.0. The van der Waals surface area contributed by atoms with E-state index in [4.69, 9.17) is 9.47 Å². The Balaban J connectivity index is 1.56. The van der Waals surface area contributed by atoms with Crippen LogP contribution in [0.5, 0.6) is 11.5 Å². The molecule has 2 aromatic rings. The smallest absolute Gasteiger partial charge is 0.313 e. The molecule has 1 aliphatic heterocycles. The standard InChI is InChI=1S/C23H27N3O5/c1-15(27)26-12-4-5-17-7-8-18(14-19(17)26)25-23(29)22(28)24-11-10-16-6-9-20(30-2)21(13-16)31-3/h6-9,13-14H,4-5,10-12H2,1-3H3,(H,24,28)(H,25,29). The van der Waals surface area contributed by atoms with Gasteiger partial charge in [-0.1, -0.05) is 12.1 Å². The maximum Gasteiger partial charge on any atom is 0.313 e. The molecule has 0 saturated heterocycles. The van der Waals surface area contributed by atoms with Crippen molar-refractivity contribution in [1.82, 2.24) is 5.32 Å². The number of carbonyl (C=O) groups is 3. The Hall–Kier alpha value is -3.55. The van der Waals surface area contributed by atoms with Crippen LogP contribution in [0.2, 0.25) is 0 Å². The van der Waals surface area contributed by atoms with Gasteiger partial charge in [-0.15, -0.1) is 0 Å². The first-order chi connectivity index (χ1) is 14.9. The van der Waals surface area contributed by atoms with Gasteiger partial charge in [-0.25, -0.2) is 0 Å². The summed E-state index contributed by atoms with van der Waals surface area (Å²) >= 11 is 0. The van der Waals surface area contributed by atoms with Gasteiger partial charge in [-0.2, -0.15) is 0 Å². The maximum absolute atomic E-state index is 12.3. The summed E-state index contributed by atoms with van der Waals surface area (Å²) in [5, 5.41) is 5.23. The van der Waals surface area contributed by atoms with E-state index in [1.165, 1.54) is 6.92 Å². The average molecular weight is 425 g/mol. The minimum atomic E-state index is -0.752. The van der Waals surface area contributed by atoms with Crippen LogP contribution in [0, 0.1) is 0 Å². The minimum absolute atomic E-state index is 0.0441. The SMILES string of the molecule is COc1ccc(CCNC(=O)C(=O)Nc2ccc3c(c2)N(C(C)=O)CCC3)cc1OC. The molecule has 0 unspecified atom stereocenters. The summed E-state index contributed by atoms with van der Waals surface area (Å²) in [7, 11) is 3.13. The predicted molar refractivity (Wildman–Crippen MR) is 118 cm³/mol. The van der Waals surface area contributed by atoms with E-state index in [1.807, 2.05) is 18.2 Å². The Morgan fingerprint density at radius 3 is 2.48 bits per heavy atom. The largest absolute Gasteiger partial charge is 0.493 e. The number of hydrogen-bond acceptors (Lipinski definition) is 5. The van der Waals surface area contributed by atoms with E-state index < -0.39 is 11.8 Å². The molecule has 0 saturated carbocycles. The Bertz CT molecular complexity index is 989. The molecule has 2 N–H and O–H groups in total. The lowest BCUT2D eigenvalue weighted by Crippen LogP contribution is -2.37. The van der Waals surface area contributed by atoms with Gasteiger partial charge in [0.1, 0.15) is 0 Å². The van der Waals surface area contributed by atoms with Gasteiger partial charge in [0.25, 0.3) is 0 Å². The fraction of sp³-hybridized carbons (Fsp3) is 0.348. The van der Waals surface area contributed by atoms with Crippen LogP contribution >= 0.6 is 0 Å². The molecule has 0 spiro atoms. The van der Waals surface area contributed by atoms with Crippen molar-refractivity contribution in [3.63, 3.8) is 0 Å². The Morgan fingerprint density at radius 1 is 1.00 bits per heavy atom. The summed E-state index contributed by atoms with van der Waals surface area (Å²) in [6.45, 7) is 2.46. The van der Waals surface area contributed by atoms with E-state index in [0.29, 0.717) is 36.7 Å². The summed E-state index contributed by atoms with van der Waals surface area (Å²) < 4.78 is 10.5. The fourth-order valence-corrected chi connectivity index (χ4v) is 3.60. The quantitative estimate of drug-likeness (QED) is 0.693. The Labute approximate surface area is 181 Å². The molecule has 8 nitrogen and oxygen atoms in total. The van der Waals surface area contributed by atoms with Crippen molar-refractivity contribution in [3.8, 4) is 11.5 Å². The van der Waals surface area contributed by atoms with Crippen LogP contribution in [0.1, 0.15) is 24.5 Å². The van der Waals surface area contributed by atoms with Gasteiger partial charge in [-0.3, -0.25) is 14.4 Å². The van der Waals surface area contributed by atoms with Crippen LogP contribution in [0.15, 0.2) is 36.4 Å². The molecule has 3 rings (SSSR count). The molecule has 0 aliphatic carbocycles. The van der Waals surface area contributed by atoms with Gasteiger partial charge in [0.2, 0.25) is 5.91 Å². The summed E-state index contributed by atoms with van der Waals surface area (Å²) in [6.07, 6.45) is 2.32. The van der Waals surface area contributed by atoms with Crippen molar-refractivity contribution in [2.24, 2.45) is 0 Å². The first-order valence-corrected chi connectivity index (χ1v) is 10.1. The molecule has 0 bridgehead atoms. The van der Waals surface area contributed by atoms with Gasteiger partial charge in [0.05, 0.1) is 14.2 Å². The molecule has 31 heavy (non-hydrogen) atoms. The number of amides is 3. The third-order valence-corrected chi connectivity index (χ3v) is 5.20. The zero-order valence-corrected chi connectivity index (χ0v) is 18.0. The van der Waals surface area contributed by atoms with Crippen LogP contribution in [0.3, 0.4) is 0 Å². The Kier molecular flexibility index (Phi) is 7.12. The monoisotopic (exact) mass is 425 g/mol. The number of methoxy groups -OCH3 is 2. The fourth-order valence-electron chi connectivity index (χ4n) is 3.60. The van der Waals surface area contributed by atoms with E-state index in [0.717, 1.165) is 29.7 Å². The normalized spacial score (nSPS) is 12.5. The van der Waals surface area contributed by atoms with Crippen molar-refractivity contribution in [3.05, 3.63) is 47.5 Å². The van der Waals surface area contributed by atoms with Gasteiger partial charge in [-0.05, 0) is 54.7 Å². The summed E-state index contributed by atoms with van der Waals surface area (Å²) in [4.78, 5) is 38.0. The van der Waals surface area contributed by atoms with Crippen LogP contribution in [-0.2, 0) is 27.2 Å². The third kappa shape index (κ3) is 5.33. The maximum atomic E-state index is 12.3. The minimum Gasteiger partial charge on any atom is -0.493 e. The third-order valence-electron chi connectivity index (χ3n) is 5.20. The lowest BCUT2D eigenvalue weighted by molar-refractivity contribution is -0.136. The number of hydrogen-bond donors (Lipinski definition) is 2. The summed E-state index contributed by atoms with van der Waals surface area (Å²) in [5.41, 5.74) is 3.26. The van der Waals surface area contributed by atoms with Crippen LogP contribution in [0.4, 0.5) is 11.4 Å². The zero-order chi connectivity index (χ0) is 22.4. The van der Waals surface area contributed by atoms with E-state index in [9.17, 15) is 14.4 Å². The van der Waals surface area contributed by atoms with E-state index >= 15 is 0 Å². The molecule has 1 heterocycles. The highest BCUT2D eigenvalue weighted by Crippen LogP contribution is 2.30. The second kappa shape index (κ2) is 9.97. The number of rotatable bonds is 6. The Morgan fingerprint density at radius 2 is 1.77 bits per heavy atom. The second-order valence-electron chi connectivity index (χ2n) is 7.27. The number of anilines is 2. The highest BCUT2D eigenvalue weighted by molar-refractivity contribution is 6.39. The van der Waals surface area contributed by atoms with Crippen molar-refractivity contribution in [1.29, 1.82) is 0 Å². The number of nitrogens with zero attached hydrogens (tertiary/aromatic N) is 1. The van der Waals surface area contributed by atoms with Crippen LogP contribution in [0.25, 0.3) is 0 Å². The molecule has 0 radical (unpaired) electrons. The second-order valence-corrected chi connectivity index (χ2v) is 7.27. The number of nitrogens with one attached hydrogen (secondary N) is 2. The van der Waals surface area contributed by atoms with Crippen molar-refractivity contribution in [2.45, 2.75) is 26.2 Å². The highest BCUT2D eigenvalue weighted by atomic mass is 16.5. The van der Waals surface area contributed by atoms with Crippen molar-refractivity contribution < 1.29 is 23.9 Å². The van der Waals surface area contributed by atoms with Gasteiger partial charge < -0.3 is 25.0 Å². The van der Waals surface area contributed by atoms with Crippen molar-refractivity contribution in [2.75, 3.05) is 37.5 Å². The summed E-state index contributed by atoms with van der Waals surface area (Å²) in [5.74, 6) is -0.282. The van der Waals surface area contributed by atoms with Crippen LogP contribution in [-0.4, -0.2) is 45.0 Å². The molecular weight excluding hydrogens is 398 g/mol. The molecule has 1 aliphatic rings. The van der Waals surface area contributed by atoms with E-state index in [-0.39, 0.29) is 5.91 Å². The lowest BCUT2D eigenvalue weighted by Gasteiger charge is -2.29.